The van der Waals surface area contributed by atoms with E-state index in [4.69, 9.17) is 32.2 Å². The van der Waals surface area contributed by atoms with E-state index >= 15 is 0 Å². The predicted molar refractivity (Wildman–Crippen MR) is 156 cm³/mol. The number of carbonyl (C=O) groups is 6. The van der Waals surface area contributed by atoms with Crippen LogP contribution in [0.4, 0.5) is 0 Å². The molecule has 0 aromatic rings. The number of hydrogen-bond donors (Lipinski definition) is 0. The van der Waals surface area contributed by atoms with Crippen LogP contribution in [0.3, 0.4) is 0 Å². The van der Waals surface area contributed by atoms with Crippen LogP contribution in [0.2, 0.25) is 0 Å². The van der Waals surface area contributed by atoms with Crippen LogP contribution in [0, 0.1) is 0 Å². The summed E-state index contributed by atoms with van der Waals surface area (Å²) in [5, 5.41) is 0. The van der Waals surface area contributed by atoms with E-state index in [0.29, 0.717) is 13.2 Å². The molecule has 2 saturated heterocycles. The Kier molecular flexibility index (Phi) is 25.6. The molecule has 0 aromatic heterocycles. The van der Waals surface area contributed by atoms with Gasteiger partial charge in [-0.05, 0) is 55.4 Å². The van der Waals surface area contributed by atoms with Crippen LogP contribution in [0.25, 0.3) is 0 Å². The first-order chi connectivity index (χ1) is 21.5. The first-order valence-electron chi connectivity index (χ1n) is 14.1. The number of esters is 6. The lowest BCUT2D eigenvalue weighted by Gasteiger charge is -2.22. The highest BCUT2D eigenvalue weighted by Crippen LogP contribution is 2.09. The van der Waals surface area contributed by atoms with Gasteiger partial charge in [0.15, 0.2) is 24.4 Å². The summed E-state index contributed by atoms with van der Waals surface area (Å²) in [6, 6.07) is 0. The molecule has 20 heteroatoms. The topological polar surface area (TPSA) is 213 Å². The molecule has 0 saturated carbocycles. The van der Waals surface area contributed by atoms with E-state index in [-0.39, 0.29) is 0 Å². The van der Waals surface area contributed by atoms with Gasteiger partial charge in [-0.25, -0.2) is 28.8 Å². The van der Waals surface area contributed by atoms with Gasteiger partial charge in [-0.2, -0.15) is 0 Å². The molecule has 6 atom stereocenters. The summed E-state index contributed by atoms with van der Waals surface area (Å²) in [7, 11) is 5.94. The molecule has 0 aliphatic carbocycles. The van der Waals surface area contributed by atoms with Crippen molar-refractivity contribution in [1.82, 2.24) is 0 Å². The summed E-state index contributed by atoms with van der Waals surface area (Å²) >= 11 is -4.26. The van der Waals surface area contributed by atoms with E-state index in [0.717, 1.165) is 0 Å². The summed E-state index contributed by atoms with van der Waals surface area (Å²) in [5.41, 5.74) is 0. The smallest absolute Gasteiger partial charge is 0.464 e. The molecular weight excluding hydrogens is 654 g/mol. The summed E-state index contributed by atoms with van der Waals surface area (Å²) in [5.74, 6) is -2.71. The minimum absolute atomic E-state index is 0.346. The maximum Gasteiger partial charge on any atom is 0.905 e. The molecular formula is C26H46Al2O18. The van der Waals surface area contributed by atoms with Crippen LogP contribution in [0.5, 0.6) is 0 Å². The van der Waals surface area contributed by atoms with Gasteiger partial charge in [-0.3, -0.25) is 0 Å². The second kappa shape index (κ2) is 25.7. The van der Waals surface area contributed by atoms with Gasteiger partial charge in [0.1, 0.15) is 12.2 Å². The van der Waals surface area contributed by atoms with Crippen molar-refractivity contribution in [3.8, 4) is 0 Å². The van der Waals surface area contributed by atoms with Crippen molar-refractivity contribution in [3.63, 3.8) is 0 Å². The van der Waals surface area contributed by atoms with E-state index in [9.17, 15) is 28.8 Å². The van der Waals surface area contributed by atoms with Crippen molar-refractivity contribution in [2.45, 2.75) is 92.0 Å². The van der Waals surface area contributed by atoms with Crippen molar-refractivity contribution in [1.29, 1.82) is 0 Å². The maximum atomic E-state index is 11.1. The third-order valence-corrected chi connectivity index (χ3v) is 7.94. The van der Waals surface area contributed by atoms with Gasteiger partial charge in [0.2, 0.25) is 0 Å². The largest absolute Gasteiger partial charge is 0.905 e. The Balaban J connectivity index is 0. The van der Waals surface area contributed by atoms with Gasteiger partial charge in [0.25, 0.3) is 0 Å². The second-order valence-corrected chi connectivity index (χ2v) is 12.5. The molecule has 46 heavy (non-hydrogen) atoms. The number of carbonyl (C=O) groups excluding carboxylic acids is 6. The lowest BCUT2D eigenvalue weighted by Crippen LogP contribution is -2.40. The average molecular weight is 701 g/mol. The van der Waals surface area contributed by atoms with Gasteiger partial charge < -0.3 is 51.2 Å². The van der Waals surface area contributed by atoms with Gasteiger partial charge >= 0.3 is 66.1 Å². The molecule has 2 aliphatic heterocycles. The molecule has 2 rings (SSSR count). The normalized spacial score (nSPS) is 21.3. The molecule has 0 bridgehead atoms. The number of rotatable bonds is 12. The Bertz CT molecular complexity index is 828. The zero-order valence-electron chi connectivity index (χ0n) is 28.4. The van der Waals surface area contributed by atoms with Crippen LogP contribution in [-0.4, -0.2) is 144 Å². The van der Waals surface area contributed by atoms with Crippen LogP contribution in [-0.2, 0) is 79.9 Å². The van der Waals surface area contributed by atoms with Crippen molar-refractivity contribution in [3.05, 3.63) is 0 Å². The maximum absolute atomic E-state index is 11.1. The van der Waals surface area contributed by atoms with Gasteiger partial charge in [-0.1, -0.05) is 0 Å². The fraction of sp³-hybridized carbons (Fsp3) is 0.769. The Morgan fingerprint density at radius 1 is 0.565 bits per heavy atom. The number of hydrogen-bond acceptors (Lipinski definition) is 18. The molecule has 2 heterocycles. The van der Waals surface area contributed by atoms with Crippen LogP contribution >= 0.6 is 0 Å². The third-order valence-electron chi connectivity index (χ3n) is 5.14. The van der Waals surface area contributed by atoms with Gasteiger partial charge in [-0.15, -0.1) is 0 Å². The molecule has 6 unspecified atom stereocenters. The Hall–Kier alpha value is -2.36. The summed E-state index contributed by atoms with van der Waals surface area (Å²) in [6.45, 7) is 13.3. The second-order valence-electron chi connectivity index (χ2n) is 8.90. The van der Waals surface area contributed by atoms with Gasteiger partial charge in [0, 0.05) is 28.4 Å². The first kappa shape index (κ1) is 45.8. The third kappa shape index (κ3) is 19.3. The van der Waals surface area contributed by atoms with Gasteiger partial charge in [0.05, 0.1) is 13.2 Å². The molecule has 264 valence electrons. The molecule has 0 aromatic carbocycles. The summed E-state index contributed by atoms with van der Waals surface area (Å²) in [4.78, 5) is 64.8. The van der Waals surface area contributed by atoms with Crippen molar-refractivity contribution >= 4 is 66.1 Å². The first-order valence-corrected chi connectivity index (χ1v) is 16.9. The summed E-state index contributed by atoms with van der Waals surface area (Å²) in [6.07, 6.45) is -4.24. The summed E-state index contributed by atoms with van der Waals surface area (Å²) < 4.78 is 57.8. The fourth-order valence-electron chi connectivity index (χ4n) is 2.65. The quantitative estimate of drug-likeness (QED) is 0.151. The van der Waals surface area contributed by atoms with Crippen molar-refractivity contribution < 1.29 is 79.9 Å². The molecule has 2 fully saturated rings. The molecule has 18 nitrogen and oxygen atoms in total. The van der Waals surface area contributed by atoms with E-state index in [1.165, 1.54) is 56.1 Å². The minimum atomic E-state index is -2.13. The van der Waals surface area contributed by atoms with E-state index in [1.54, 1.807) is 27.7 Å². The highest BCUT2D eigenvalue weighted by molar-refractivity contribution is 6.36. The molecule has 0 N–H and O–H groups in total. The molecule has 0 amide bonds. The van der Waals surface area contributed by atoms with Crippen LogP contribution in [0.15, 0.2) is 0 Å². The van der Waals surface area contributed by atoms with E-state index < -0.39 is 103 Å². The molecule has 0 radical (unpaired) electrons. The Morgan fingerprint density at radius 2 is 0.783 bits per heavy atom. The lowest BCUT2D eigenvalue weighted by atomic mass is 10.3. The average Bonchev–Trinajstić information content (AvgIpc) is 3.01. The molecule has 2 aliphatic rings. The highest BCUT2D eigenvalue weighted by atomic mass is 27.3. The number of ether oxygens (including phenoxy) is 6. The van der Waals surface area contributed by atoms with E-state index in [2.05, 4.69) is 18.9 Å². The standard InChI is InChI=1S/2C6H8O4.2C5H9O3.4CH3O.2Al/c2*1-3-5(7)10-4(2)6(8)9-3;2*1-3-8-5(7)4(2)6;4*1-2;;/h2*3-4H,1-2H3;2*4H,3H2,1-2H3;4*1H3;;/q;;6*-1;2*+3. The monoisotopic (exact) mass is 700 g/mol. The number of cyclic esters (lactones) is 4. The zero-order chi connectivity index (χ0) is 36.0. The van der Waals surface area contributed by atoms with Crippen LogP contribution < -0.4 is 0 Å². The molecule has 0 spiro atoms. The zero-order valence-corrected chi connectivity index (χ0v) is 30.7. The Labute approximate surface area is 279 Å². The van der Waals surface area contributed by atoms with Crippen molar-refractivity contribution in [2.24, 2.45) is 0 Å². The van der Waals surface area contributed by atoms with Crippen molar-refractivity contribution in [2.75, 3.05) is 41.7 Å². The fourth-order valence-corrected chi connectivity index (χ4v) is 4.37. The minimum Gasteiger partial charge on any atom is -0.464 e. The SMILES string of the molecule is CC1OC(=O)C(C)OC1=O.CC1OC(=O)C(C)OC1=O.CCOC(=O)C(C)[O][Al]([O]C)[O]C.CCOC(=O)C(C)[O][Al]([O]C)[O]C. The van der Waals surface area contributed by atoms with E-state index in [1.807, 2.05) is 0 Å². The lowest BCUT2D eigenvalue weighted by molar-refractivity contribution is -0.191. The predicted octanol–water partition coefficient (Wildman–Crippen LogP) is 0.191. The highest BCUT2D eigenvalue weighted by Gasteiger charge is 2.35. The Morgan fingerprint density at radius 3 is 0.957 bits per heavy atom. The van der Waals surface area contributed by atoms with Crippen LogP contribution in [0.1, 0.15) is 55.4 Å².